The minimum atomic E-state index is -3.04. The van der Waals surface area contributed by atoms with Crippen LogP contribution >= 0.6 is 0 Å². The Bertz CT molecular complexity index is 238. The maximum Gasteiger partial charge on any atom is 0.159 e. The first-order chi connectivity index (χ1) is 5.55. The minimum absolute atomic E-state index is 0.00324. The molecule has 1 heterocycles. The van der Waals surface area contributed by atoms with E-state index < -0.39 is 15.9 Å². The monoisotopic (exact) mass is 196 g/mol. The fraction of sp³-hybridized carbons (Fsp3) is 1.00. The second-order valence-electron chi connectivity index (χ2n) is 3.06. The standard InChI is InChI=1S/C6H13NO4S/c8-2-1-7-5-3-12(10,11)4-6(5)9/h5-9H,1-4H2/p+1. The highest BCUT2D eigenvalue weighted by Crippen LogP contribution is 2.08. The molecule has 0 aromatic carbocycles. The van der Waals surface area contributed by atoms with Crippen LogP contribution in [0.25, 0.3) is 0 Å². The summed E-state index contributed by atoms with van der Waals surface area (Å²) in [6, 6.07) is -0.290. The van der Waals surface area contributed by atoms with E-state index in [1.165, 1.54) is 0 Å². The third-order valence-corrected chi connectivity index (χ3v) is 3.71. The summed E-state index contributed by atoms with van der Waals surface area (Å²) >= 11 is 0. The van der Waals surface area contributed by atoms with Crippen molar-refractivity contribution in [1.82, 2.24) is 0 Å². The molecule has 1 fully saturated rings. The van der Waals surface area contributed by atoms with E-state index in [2.05, 4.69) is 0 Å². The SMILES string of the molecule is O=S1(=O)CC(O)C([NH2+]CCO)C1. The molecule has 1 aliphatic heterocycles. The van der Waals surface area contributed by atoms with Gasteiger partial charge in [-0.2, -0.15) is 0 Å². The van der Waals surface area contributed by atoms with Crippen LogP contribution in [0.2, 0.25) is 0 Å². The van der Waals surface area contributed by atoms with Gasteiger partial charge in [-0.05, 0) is 0 Å². The molecule has 0 bridgehead atoms. The van der Waals surface area contributed by atoms with Gasteiger partial charge in [-0.3, -0.25) is 0 Å². The van der Waals surface area contributed by atoms with Gasteiger partial charge < -0.3 is 15.5 Å². The van der Waals surface area contributed by atoms with E-state index in [-0.39, 0.29) is 24.2 Å². The lowest BCUT2D eigenvalue weighted by Crippen LogP contribution is -2.93. The molecule has 0 radical (unpaired) electrons. The third-order valence-electron chi connectivity index (χ3n) is 1.96. The van der Waals surface area contributed by atoms with Crippen LogP contribution in [-0.4, -0.2) is 55.4 Å². The van der Waals surface area contributed by atoms with Crippen molar-refractivity contribution in [2.75, 3.05) is 24.7 Å². The summed E-state index contributed by atoms with van der Waals surface area (Å²) in [5, 5.41) is 19.4. The molecule has 0 amide bonds. The highest BCUT2D eigenvalue weighted by atomic mass is 32.2. The summed E-state index contributed by atoms with van der Waals surface area (Å²) in [7, 11) is -3.04. The van der Waals surface area contributed by atoms with Crippen molar-refractivity contribution in [3.8, 4) is 0 Å². The molecular formula is C6H14NO4S+. The predicted octanol–water partition coefficient (Wildman–Crippen LogP) is -3.30. The van der Waals surface area contributed by atoms with Crippen LogP contribution in [0.15, 0.2) is 0 Å². The summed E-state index contributed by atoms with van der Waals surface area (Å²) in [5.41, 5.74) is 0. The van der Waals surface area contributed by atoms with Gasteiger partial charge in [-0.1, -0.05) is 0 Å². The number of hydrogen-bond donors (Lipinski definition) is 3. The zero-order valence-corrected chi connectivity index (χ0v) is 7.50. The maximum absolute atomic E-state index is 11.0. The van der Waals surface area contributed by atoms with Gasteiger partial charge in [0.15, 0.2) is 9.84 Å². The molecule has 0 spiro atoms. The van der Waals surface area contributed by atoms with E-state index in [0.29, 0.717) is 6.54 Å². The normalized spacial score (nSPS) is 33.8. The zero-order chi connectivity index (χ0) is 9.19. The van der Waals surface area contributed by atoms with E-state index >= 15 is 0 Å². The number of sulfone groups is 1. The van der Waals surface area contributed by atoms with Gasteiger partial charge >= 0.3 is 0 Å². The van der Waals surface area contributed by atoms with E-state index in [0.717, 1.165) is 0 Å². The molecule has 6 heteroatoms. The van der Waals surface area contributed by atoms with Crippen LogP contribution in [0, 0.1) is 0 Å². The smallest absolute Gasteiger partial charge is 0.159 e. The molecule has 0 saturated carbocycles. The number of aliphatic hydroxyl groups excluding tert-OH is 2. The Morgan fingerprint density at radius 2 is 2.08 bits per heavy atom. The first-order valence-electron chi connectivity index (χ1n) is 3.88. The summed E-state index contributed by atoms with van der Waals surface area (Å²) in [6.45, 7) is 0.445. The van der Waals surface area contributed by atoms with Gasteiger partial charge in [0.25, 0.3) is 0 Å². The molecule has 0 aliphatic carbocycles. The maximum atomic E-state index is 11.0. The average Bonchev–Trinajstić information content (AvgIpc) is 2.20. The first-order valence-corrected chi connectivity index (χ1v) is 5.70. The molecule has 0 aromatic heterocycles. The van der Waals surface area contributed by atoms with Crippen molar-refractivity contribution in [3.63, 3.8) is 0 Å². The molecule has 2 atom stereocenters. The van der Waals surface area contributed by atoms with Crippen LogP contribution in [0.1, 0.15) is 0 Å². The van der Waals surface area contributed by atoms with Crippen LogP contribution in [-0.2, 0) is 9.84 Å². The van der Waals surface area contributed by atoms with Crippen LogP contribution in [0.3, 0.4) is 0 Å². The molecule has 1 saturated heterocycles. The first kappa shape index (κ1) is 9.91. The Balaban J connectivity index is 2.47. The molecule has 1 rings (SSSR count). The summed E-state index contributed by atoms with van der Waals surface area (Å²) < 4.78 is 21.9. The molecule has 1 aliphatic rings. The second-order valence-corrected chi connectivity index (χ2v) is 5.21. The molecule has 2 unspecified atom stereocenters. The van der Waals surface area contributed by atoms with Gasteiger partial charge in [0.2, 0.25) is 0 Å². The lowest BCUT2D eigenvalue weighted by Gasteiger charge is -2.09. The quantitative estimate of drug-likeness (QED) is 0.441. The number of nitrogens with two attached hydrogens (primary N) is 1. The Labute approximate surface area is 71.3 Å². The number of quaternary nitrogens is 1. The second kappa shape index (κ2) is 3.69. The predicted molar refractivity (Wildman–Crippen MR) is 42.3 cm³/mol. The van der Waals surface area contributed by atoms with E-state index in [9.17, 15) is 13.5 Å². The lowest BCUT2D eigenvalue weighted by molar-refractivity contribution is -0.691. The topological polar surface area (TPSA) is 91.2 Å². The Kier molecular flexibility index (Phi) is 3.05. The molecule has 4 N–H and O–H groups in total. The fourth-order valence-electron chi connectivity index (χ4n) is 1.37. The van der Waals surface area contributed by atoms with Crippen LogP contribution < -0.4 is 5.32 Å². The Morgan fingerprint density at radius 3 is 2.50 bits per heavy atom. The van der Waals surface area contributed by atoms with Crippen molar-refractivity contribution in [2.45, 2.75) is 12.1 Å². The molecular weight excluding hydrogens is 182 g/mol. The number of aliphatic hydroxyl groups is 2. The Morgan fingerprint density at radius 1 is 1.42 bits per heavy atom. The summed E-state index contributed by atoms with van der Waals surface area (Å²) in [5.74, 6) is -0.117. The van der Waals surface area contributed by atoms with E-state index in [1.807, 2.05) is 0 Å². The zero-order valence-electron chi connectivity index (χ0n) is 6.68. The highest BCUT2D eigenvalue weighted by Gasteiger charge is 2.38. The molecule has 12 heavy (non-hydrogen) atoms. The number of hydrogen-bond acceptors (Lipinski definition) is 4. The molecule has 5 nitrogen and oxygen atoms in total. The number of rotatable bonds is 3. The minimum Gasteiger partial charge on any atom is -0.391 e. The Hall–Kier alpha value is -0.170. The van der Waals surface area contributed by atoms with Gasteiger partial charge in [-0.25, -0.2) is 8.42 Å². The van der Waals surface area contributed by atoms with Crippen LogP contribution in [0.4, 0.5) is 0 Å². The summed E-state index contributed by atoms with van der Waals surface area (Å²) in [4.78, 5) is 0. The fourth-order valence-corrected chi connectivity index (χ4v) is 3.22. The van der Waals surface area contributed by atoms with Crippen molar-refractivity contribution in [3.05, 3.63) is 0 Å². The third kappa shape index (κ3) is 2.41. The largest absolute Gasteiger partial charge is 0.391 e. The summed E-state index contributed by atoms with van der Waals surface area (Å²) in [6.07, 6.45) is -0.776. The van der Waals surface area contributed by atoms with Gasteiger partial charge in [-0.15, -0.1) is 0 Å². The van der Waals surface area contributed by atoms with E-state index in [4.69, 9.17) is 5.11 Å². The van der Waals surface area contributed by atoms with Crippen molar-refractivity contribution in [2.24, 2.45) is 0 Å². The van der Waals surface area contributed by atoms with Crippen molar-refractivity contribution >= 4 is 9.84 Å². The van der Waals surface area contributed by atoms with Crippen LogP contribution in [0.5, 0.6) is 0 Å². The van der Waals surface area contributed by atoms with Crippen molar-refractivity contribution < 1.29 is 23.9 Å². The van der Waals surface area contributed by atoms with Gasteiger partial charge in [0.1, 0.15) is 17.9 Å². The van der Waals surface area contributed by atoms with Crippen molar-refractivity contribution in [1.29, 1.82) is 0 Å². The average molecular weight is 196 g/mol. The van der Waals surface area contributed by atoms with E-state index in [1.54, 1.807) is 5.32 Å². The molecule has 0 aromatic rings. The van der Waals surface area contributed by atoms with Gasteiger partial charge in [0.05, 0.1) is 18.9 Å². The molecule has 72 valence electrons. The van der Waals surface area contributed by atoms with Gasteiger partial charge in [0, 0.05) is 0 Å². The lowest BCUT2D eigenvalue weighted by atomic mass is 10.2. The highest BCUT2D eigenvalue weighted by molar-refractivity contribution is 7.91.